The van der Waals surface area contributed by atoms with Crippen LogP contribution in [0.4, 0.5) is 27.6 Å². The first-order chi connectivity index (χ1) is 12.8. The minimum Gasteiger partial charge on any atom is -0.311 e. The van der Waals surface area contributed by atoms with Crippen molar-refractivity contribution in [1.82, 2.24) is 10.2 Å². The third-order valence-electron chi connectivity index (χ3n) is 3.99. The van der Waals surface area contributed by atoms with Crippen LogP contribution in [0.5, 0.6) is 0 Å². The van der Waals surface area contributed by atoms with Gasteiger partial charge in [-0.1, -0.05) is 18.2 Å². The minimum atomic E-state index is -2.95. The summed E-state index contributed by atoms with van der Waals surface area (Å²) in [6, 6.07) is 6.94. The molecule has 0 aliphatic carbocycles. The van der Waals surface area contributed by atoms with Crippen molar-refractivity contribution in [2.75, 3.05) is 11.9 Å². The highest BCUT2D eigenvalue weighted by Gasteiger charge is 2.25. The number of hydrogen-bond acceptors (Lipinski definition) is 2. The van der Waals surface area contributed by atoms with E-state index >= 15 is 0 Å². The van der Waals surface area contributed by atoms with Gasteiger partial charge in [0.05, 0.1) is 17.4 Å². The van der Waals surface area contributed by atoms with Crippen LogP contribution in [0.3, 0.4) is 0 Å². The molecule has 0 aliphatic rings. The third-order valence-corrected chi connectivity index (χ3v) is 3.99. The lowest BCUT2D eigenvalue weighted by atomic mass is 10.0. The van der Waals surface area contributed by atoms with Gasteiger partial charge in [-0.25, -0.2) is 22.0 Å². The Kier molecular flexibility index (Phi) is 4.93. The summed E-state index contributed by atoms with van der Waals surface area (Å²) in [5.74, 6) is -4.46. The van der Waals surface area contributed by atoms with Crippen LogP contribution in [0.15, 0.2) is 42.6 Å². The van der Waals surface area contributed by atoms with Gasteiger partial charge in [0.2, 0.25) is 0 Å². The number of nitrogens with one attached hydrogen (secondary N) is 1. The van der Waals surface area contributed by atoms with E-state index in [1.165, 1.54) is 31.3 Å². The Labute approximate surface area is 150 Å². The number of amides is 1. The quantitative estimate of drug-likeness (QED) is 0.526. The van der Waals surface area contributed by atoms with Crippen molar-refractivity contribution in [2.24, 2.45) is 0 Å². The molecule has 0 atom stereocenters. The average Bonchev–Trinajstić information content (AvgIpc) is 3.13. The van der Waals surface area contributed by atoms with Gasteiger partial charge in [-0.15, -0.1) is 0 Å². The van der Waals surface area contributed by atoms with Crippen LogP contribution >= 0.6 is 0 Å². The van der Waals surface area contributed by atoms with Crippen molar-refractivity contribution in [2.45, 2.75) is 6.43 Å². The van der Waals surface area contributed by atoms with Crippen LogP contribution in [-0.2, 0) is 0 Å². The molecule has 0 radical (unpaired) electrons. The number of carbonyl (C=O) groups is 1. The summed E-state index contributed by atoms with van der Waals surface area (Å²) >= 11 is 0. The number of alkyl halides is 2. The smallest absolute Gasteiger partial charge is 0.280 e. The molecule has 1 aromatic heterocycles. The number of hydrogen-bond donors (Lipinski definition) is 1. The summed E-state index contributed by atoms with van der Waals surface area (Å²) in [7, 11) is 1.29. The Hall–Kier alpha value is -3.23. The number of anilines is 1. The van der Waals surface area contributed by atoms with Crippen molar-refractivity contribution >= 4 is 11.6 Å². The molecule has 2 aromatic carbocycles. The van der Waals surface area contributed by atoms with Crippen molar-refractivity contribution in [1.29, 1.82) is 0 Å². The van der Waals surface area contributed by atoms with Crippen LogP contribution in [-0.4, -0.2) is 23.2 Å². The molecule has 0 aliphatic heterocycles. The Bertz CT molecular complexity index is 1000. The third kappa shape index (κ3) is 3.40. The maximum Gasteiger partial charge on any atom is 0.280 e. The average molecular weight is 381 g/mol. The van der Waals surface area contributed by atoms with E-state index < -0.39 is 35.5 Å². The Morgan fingerprint density at radius 3 is 2.41 bits per heavy atom. The summed E-state index contributed by atoms with van der Waals surface area (Å²) < 4.78 is 67.0. The zero-order valence-electron chi connectivity index (χ0n) is 13.8. The maximum atomic E-state index is 14.2. The van der Waals surface area contributed by atoms with Crippen LogP contribution in [0, 0.1) is 17.5 Å². The standard InChI is InChI=1S/C18H12F5N3O/c1-26(18(27)11-8-24-25-16(11)17(22)23)15-5-3-2-4-9(15)10-6-13(20)14(21)7-12(10)19/h2-8,17H,1H3,(H,24,25). The molecule has 0 spiro atoms. The van der Waals surface area contributed by atoms with Gasteiger partial charge in [0, 0.05) is 24.2 Å². The molecule has 1 N–H and O–H groups in total. The Balaban J connectivity index is 2.07. The fraction of sp³-hybridized carbons (Fsp3) is 0.111. The van der Waals surface area contributed by atoms with Crippen LogP contribution in [0.25, 0.3) is 11.1 Å². The topological polar surface area (TPSA) is 49.0 Å². The number of nitrogens with zero attached hydrogens (tertiary/aromatic N) is 2. The van der Waals surface area contributed by atoms with Crippen LogP contribution < -0.4 is 4.90 Å². The van der Waals surface area contributed by atoms with Gasteiger partial charge in [-0.3, -0.25) is 9.89 Å². The number of aromatic nitrogens is 2. The van der Waals surface area contributed by atoms with E-state index in [0.29, 0.717) is 12.1 Å². The summed E-state index contributed by atoms with van der Waals surface area (Å²) in [5.41, 5.74) is -1.07. The Morgan fingerprint density at radius 1 is 1.04 bits per heavy atom. The van der Waals surface area contributed by atoms with Crippen molar-refractivity contribution in [3.8, 4) is 11.1 Å². The number of aromatic amines is 1. The van der Waals surface area contributed by atoms with E-state index in [2.05, 4.69) is 10.2 Å². The van der Waals surface area contributed by atoms with Gasteiger partial charge in [0.1, 0.15) is 11.5 Å². The Morgan fingerprint density at radius 2 is 1.70 bits per heavy atom. The summed E-state index contributed by atoms with van der Waals surface area (Å²) in [6.45, 7) is 0. The first-order valence-corrected chi connectivity index (χ1v) is 7.64. The van der Waals surface area contributed by atoms with E-state index in [0.717, 1.165) is 11.1 Å². The van der Waals surface area contributed by atoms with E-state index in [9.17, 15) is 26.7 Å². The SMILES string of the molecule is CN(C(=O)c1cn[nH]c1C(F)F)c1ccccc1-c1cc(F)c(F)cc1F. The van der Waals surface area contributed by atoms with Crippen molar-refractivity contribution in [3.63, 3.8) is 0 Å². The van der Waals surface area contributed by atoms with Gasteiger partial charge in [-0.05, 0) is 12.1 Å². The second-order valence-corrected chi connectivity index (χ2v) is 5.63. The maximum absolute atomic E-state index is 14.2. The molecule has 0 saturated heterocycles. The molecule has 0 saturated carbocycles. The number of para-hydroxylation sites is 1. The molecule has 0 fully saturated rings. The molecule has 1 amide bonds. The number of rotatable bonds is 4. The zero-order chi connectivity index (χ0) is 19.7. The molecule has 27 heavy (non-hydrogen) atoms. The molecule has 0 bridgehead atoms. The summed E-state index contributed by atoms with van der Waals surface area (Å²) in [4.78, 5) is 13.6. The highest BCUT2D eigenvalue weighted by molar-refractivity contribution is 6.08. The van der Waals surface area contributed by atoms with Crippen LogP contribution in [0.1, 0.15) is 22.5 Å². The fourth-order valence-corrected chi connectivity index (χ4v) is 2.65. The second-order valence-electron chi connectivity index (χ2n) is 5.63. The largest absolute Gasteiger partial charge is 0.311 e. The van der Waals surface area contributed by atoms with Gasteiger partial charge < -0.3 is 4.90 Å². The fourth-order valence-electron chi connectivity index (χ4n) is 2.65. The highest BCUT2D eigenvalue weighted by Crippen LogP contribution is 2.34. The normalized spacial score (nSPS) is 11.1. The van der Waals surface area contributed by atoms with E-state index in [-0.39, 0.29) is 22.4 Å². The molecular formula is C18H12F5N3O. The minimum absolute atomic E-state index is 0.0897. The lowest BCUT2D eigenvalue weighted by Gasteiger charge is -2.21. The first-order valence-electron chi connectivity index (χ1n) is 7.64. The highest BCUT2D eigenvalue weighted by atomic mass is 19.3. The number of halogens is 5. The molecule has 3 rings (SSSR count). The molecular weight excluding hydrogens is 369 g/mol. The molecule has 3 aromatic rings. The molecule has 4 nitrogen and oxygen atoms in total. The molecule has 9 heteroatoms. The van der Waals surface area contributed by atoms with Crippen molar-refractivity contribution < 1.29 is 26.7 Å². The summed E-state index contributed by atoms with van der Waals surface area (Å²) in [5, 5.41) is 5.52. The molecule has 1 heterocycles. The van der Waals surface area contributed by atoms with E-state index in [1.807, 2.05) is 0 Å². The monoisotopic (exact) mass is 381 g/mol. The number of carbonyl (C=O) groups excluding carboxylic acids is 1. The van der Waals surface area contributed by atoms with E-state index in [4.69, 9.17) is 0 Å². The number of benzene rings is 2. The van der Waals surface area contributed by atoms with Crippen molar-refractivity contribution in [3.05, 3.63) is 71.3 Å². The summed E-state index contributed by atoms with van der Waals surface area (Å²) in [6.07, 6.45) is -1.99. The van der Waals surface area contributed by atoms with Gasteiger partial charge in [0.15, 0.2) is 11.6 Å². The molecule has 0 unspecified atom stereocenters. The molecule has 140 valence electrons. The second kappa shape index (κ2) is 7.18. The van der Waals surface area contributed by atoms with Gasteiger partial charge in [-0.2, -0.15) is 5.10 Å². The predicted molar refractivity (Wildman–Crippen MR) is 88.0 cm³/mol. The first kappa shape index (κ1) is 18.6. The lowest BCUT2D eigenvalue weighted by Crippen LogP contribution is -2.27. The van der Waals surface area contributed by atoms with Gasteiger partial charge in [0.25, 0.3) is 12.3 Å². The number of H-pyrrole nitrogens is 1. The zero-order valence-corrected chi connectivity index (χ0v) is 13.8. The predicted octanol–water partition coefficient (Wildman–Crippen LogP) is 4.71. The van der Waals surface area contributed by atoms with Crippen LogP contribution in [0.2, 0.25) is 0 Å². The van der Waals surface area contributed by atoms with Gasteiger partial charge >= 0.3 is 0 Å². The lowest BCUT2D eigenvalue weighted by molar-refractivity contribution is 0.0978. The van der Waals surface area contributed by atoms with E-state index in [1.54, 1.807) is 0 Å².